The second kappa shape index (κ2) is 6.48. The smallest absolute Gasteiger partial charge is 0.226 e. The van der Waals surface area contributed by atoms with Crippen molar-refractivity contribution in [2.75, 3.05) is 19.7 Å². The average molecular weight is 289 g/mol. The van der Waals surface area contributed by atoms with E-state index in [0.29, 0.717) is 26.1 Å². The van der Waals surface area contributed by atoms with E-state index in [1.54, 1.807) is 0 Å². The first-order valence-electron chi connectivity index (χ1n) is 7.86. The van der Waals surface area contributed by atoms with Crippen molar-refractivity contribution < 1.29 is 13.9 Å². The Kier molecular flexibility index (Phi) is 4.44. The lowest BCUT2D eigenvalue weighted by Crippen LogP contribution is -2.42. The fraction of sp³-hybridized carbons (Fsp3) is 0.588. The SMILES string of the molecule is Cc1ccc(C2CN(C(=O)CC3=CCCCC3)CCO2)o1. The molecule has 3 rings (SSSR count). The highest BCUT2D eigenvalue weighted by Gasteiger charge is 2.27. The summed E-state index contributed by atoms with van der Waals surface area (Å²) in [4.78, 5) is 14.4. The number of carbonyl (C=O) groups is 1. The van der Waals surface area contributed by atoms with E-state index < -0.39 is 0 Å². The largest absolute Gasteiger partial charge is 0.464 e. The van der Waals surface area contributed by atoms with Crippen LogP contribution in [-0.4, -0.2) is 30.5 Å². The van der Waals surface area contributed by atoms with Crippen LogP contribution in [0.1, 0.15) is 49.7 Å². The molecule has 0 bridgehead atoms. The van der Waals surface area contributed by atoms with Crippen LogP contribution in [0.3, 0.4) is 0 Å². The van der Waals surface area contributed by atoms with Crippen molar-refractivity contribution in [2.45, 2.75) is 45.1 Å². The van der Waals surface area contributed by atoms with Gasteiger partial charge >= 0.3 is 0 Å². The first-order chi connectivity index (χ1) is 10.2. The molecule has 1 aromatic heterocycles. The Morgan fingerprint density at radius 1 is 1.38 bits per heavy atom. The molecule has 1 unspecified atom stereocenters. The van der Waals surface area contributed by atoms with Gasteiger partial charge in [0.2, 0.25) is 5.91 Å². The summed E-state index contributed by atoms with van der Waals surface area (Å²) in [6.45, 7) is 3.78. The molecule has 1 aromatic rings. The molecule has 21 heavy (non-hydrogen) atoms. The molecule has 1 saturated heterocycles. The Balaban J connectivity index is 1.60. The van der Waals surface area contributed by atoms with Crippen LogP contribution in [0.2, 0.25) is 0 Å². The number of hydrogen-bond acceptors (Lipinski definition) is 3. The van der Waals surface area contributed by atoms with E-state index >= 15 is 0 Å². The molecule has 1 atom stereocenters. The minimum atomic E-state index is -0.128. The maximum Gasteiger partial charge on any atom is 0.226 e. The van der Waals surface area contributed by atoms with Gasteiger partial charge in [-0.05, 0) is 44.7 Å². The Bertz CT molecular complexity index is 532. The van der Waals surface area contributed by atoms with Crippen LogP contribution in [0.15, 0.2) is 28.2 Å². The molecular formula is C17H23NO3. The molecule has 4 heteroatoms. The quantitative estimate of drug-likeness (QED) is 0.801. The molecule has 114 valence electrons. The van der Waals surface area contributed by atoms with E-state index in [2.05, 4.69) is 6.08 Å². The van der Waals surface area contributed by atoms with Gasteiger partial charge in [0.05, 0.1) is 13.2 Å². The number of rotatable bonds is 3. The molecule has 1 amide bonds. The first kappa shape index (κ1) is 14.4. The molecule has 0 aromatic carbocycles. The zero-order chi connectivity index (χ0) is 14.7. The van der Waals surface area contributed by atoms with Gasteiger partial charge in [-0.25, -0.2) is 0 Å². The maximum atomic E-state index is 12.4. The van der Waals surface area contributed by atoms with E-state index in [-0.39, 0.29) is 12.0 Å². The number of aryl methyl sites for hydroxylation is 1. The van der Waals surface area contributed by atoms with Crippen molar-refractivity contribution in [1.29, 1.82) is 0 Å². The van der Waals surface area contributed by atoms with Gasteiger partial charge in [0.15, 0.2) is 0 Å². The maximum absolute atomic E-state index is 12.4. The van der Waals surface area contributed by atoms with Crippen molar-refractivity contribution in [1.82, 2.24) is 4.90 Å². The predicted molar refractivity (Wildman–Crippen MR) is 79.9 cm³/mol. The number of furan rings is 1. The van der Waals surface area contributed by atoms with Crippen LogP contribution < -0.4 is 0 Å². The Labute approximate surface area is 125 Å². The number of morpholine rings is 1. The number of hydrogen-bond donors (Lipinski definition) is 0. The second-order valence-corrected chi connectivity index (χ2v) is 5.93. The third-order valence-electron chi connectivity index (χ3n) is 4.26. The van der Waals surface area contributed by atoms with Crippen LogP contribution in [0.4, 0.5) is 0 Å². The molecule has 0 saturated carbocycles. The van der Waals surface area contributed by atoms with E-state index in [9.17, 15) is 4.79 Å². The zero-order valence-corrected chi connectivity index (χ0v) is 12.6. The summed E-state index contributed by atoms with van der Waals surface area (Å²) in [5.41, 5.74) is 1.31. The predicted octanol–water partition coefficient (Wildman–Crippen LogP) is 3.38. The summed E-state index contributed by atoms with van der Waals surface area (Å²) in [5.74, 6) is 1.92. The molecule has 1 aliphatic heterocycles. The van der Waals surface area contributed by atoms with Crippen LogP contribution in [0, 0.1) is 6.92 Å². The fourth-order valence-electron chi connectivity index (χ4n) is 3.05. The lowest BCUT2D eigenvalue weighted by atomic mass is 9.96. The van der Waals surface area contributed by atoms with Gasteiger partial charge in [-0.3, -0.25) is 4.79 Å². The van der Waals surface area contributed by atoms with Gasteiger partial charge in [-0.15, -0.1) is 0 Å². The van der Waals surface area contributed by atoms with Gasteiger partial charge < -0.3 is 14.1 Å². The monoisotopic (exact) mass is 289 g/mol. The summed E-state index contributed by atoms with van der Waals surface area (Å²) in [5, 5.41) is 0. The lowest BCUT2D eigenvalue weighted by Gasteiger charge is -2.32. The topological polar surface area (TPSA) is 42.7 Å². The van der Waals surface area contributed by atoms with E-state index in [0.717, 1.165) is 24.4 Å². The lowest BCUT2D eigenvalue weighted by molar-refractivity contribution is -0.139. The molecule has 1 fully saturated rings. The van der Waals surface area contributed by atoms with E-state index in [4.69, 9.17) is 9.15 Å². The minimum Gasteiger partial charge on any atom is -0.464 e. The summed E-state index contributed by atoms with van der Waals surface area (Å²) < 4.78 is 11.4. The minimum absolute atomic E-state index is 0.128. The van der Waals surface area contributed by atoms with E-state index in [1.165, 1.54) is 18.4 Å². The van der Waals surface area contributed by atoms with Gasteiger partial charge in [-0.2, -0.15) is 0 Å². The van der Waals surface area contributed by atoms with Crippen molar-refractivity contribution >= 4 is 5.91 Å². The van der Waals surface area contributed by atoms with Gasteiger partial charge in [0, 0.05) is 13.0 Å². The van der Waals surface area contributed by atoms with Crippen molar-refractivity contribution in [2.24, 2.45) is 0 Å². The molecule has 2 aliphatic rings. The highest BCUT2D eigenvalue weighted by Crippen LogP contribution is 2.26. The first-order valence-corrected chi connectivity index (χ1v) is 7.86. The summed E-state index contributed by atoms with van der Waals surface area (Å²) in [7, 11) is 0. The van der Waals surface area contributed by atoms with Gasteiger partial charge in [0.25, 0.3) is 0 Å². The zero-order valence-electron chi connectivity index (χ0n) is 12.6. The molecule has 2 heterocycles. The number of ether oxygens (including phenoxy) is 1. The third kappa shape index (κ3) is 3.56. The van der Waals surface area contributed by atoms with Crippen LogP contribution >= 0.6 is 0 Å². The summed E-state index contributed by atoms with van der Waals surface area (Å²) >= 11 is 0. The van der Waals surface area contributed by atoms with Gasteiger partial charge in [-0.1, -0.05) is 11.6 Å². The van der Waals surface area contributed by atoms with Crippen LogP contribution in [0.5, 0.6) is 0 Å². The third-order valence-corrected chi connectivity index (χ3v) is 4.26. The fourth-order valence-corrected chi connectivity index (χ4v) is 3.05. The standard InChI is InChI=1S/C17H23NO3/c1-13-7-8-15(21-13)16-12-18(9-10-20-16)17(19)11-14-5-3-2-4-6-14/h5,7-8,16H,2-4,6,9-12H2,1H3. The second-order valence-electron chi connectivity index (χ2n) is 5.93. The average Bonchev–Trinajstić information content (AvgIpc) is 2.95. The normalized spacial score (nSPS) is 23.0. The molecule has 1 aliphatic carbocycles. The summed E-state index contributed by atoms with van der Waals surface area (Å²) in [6, 6.07) is 3.88. The Hall–Kier alpha value is -1.55. The van der Waals surface area contributed by atoms with Crippen LogP contribution in [-0.2, 0) is 9.53 Å². The molecule has 4 nitrogen and oxygen atoms in total. The van der Waals surface area contributed by atoms with Crippen molar-refractivity contribution in [3.63, 3.8) is 0 Å². The van der Waals surface area contributed by atoms with Crippen LogP contribution in [0.25, 0.3) is 0 Å². The number of allylic oxidation sites excluding steroid dienone is 1. The molecule has 0 spiro atoms. The Morgan fingerprint density at radius 2 is 2.29 bits per heavy atom. The van der Waals surface area contributed by atoms with Crippen molar-refractivity contribution in [3.8, 4) is 0 Å². The molecule has 0 radical (unpaired) electrons. The number of carbonyl (C=O) groups excluding carboxylic acids is 1. The highest BCUT2D eigenvalue weighted by molar-refractivity contribution is 5.78. The van der Waals surface area contributed by atoms with Gasteiger partial charge in [0.1, 0.15) is 17.6 Å². The van der Waals surface area contributed by atoms with E-state index in [1.807, 2.05) is 24.0 Å². The highest BCUT2D eigenvalue weighted by atomic mass is 16.5. The number of amides is 1. The van der Waals surface area contributed by atoms with Crippen molar-refractivity contribution in [3.05, 3.63) is 35.3 Å². The molecule has 0 N–H and O–H groups in total. The molecular weight excluding hydrogens is 266 g/mol. The Morgan fingerprint density at radius 3 is 3.00 bits per heavy atom. The summed E-state index contributed by atoms with van der Waals surface area (Å²) in [6.07, 6.45) is 7.37. The number of nitrogens with zero attached hydrogens (tertiary/aromatic N) is 1.